The second kappa shape index (κ2) is 19.2. The molecular weight excluding hydrogens is 921 g/mol. The fraction of sp³-hybridized carbons (Fsp3) is 0.0278. The highest BCUT2D eigenvalue weighted by Crippen LogP contribution is 2.44. The molecule has 0 aliphatic heterocycles. The van der Waals surface area contributed by atoms with Gasteiger partial charge in [0.1, 0.15) is 0 Å². The number of para-hydroxylation sites is 3. The largest absolute Gasteiger partial charge is 0.333 e. The molecule has 360 valence electrons. The number of allylic oxidation sites excluding steroid dienone is 4. The number of hydrogen-bond acceptors (Lipinski definition) is 2. The van der Waals surface area contributed by atoms with Gasteiger partial charge in [0, 0.05) is 72.4 Å². The summed E-state index contributed by atoms with van der Waals surface area (Å²) in [5.74, 6) is 0. The third-order valence-corrected chi connectivity index (χ3v) is 15.2. The molecule has 1 atom stereocenters. The summed E-state index contributed by atoms with van der Waals surface area (Å²) >= 11 is 0. The summed E-state index contributed by atoms with van der Waals surface area (Å²) in [6, 6.07) is 99.7. The van der Waals surface area contributed by atoms with Gasteiger partial charge in [-0.25, -0.2) is 0 Å². The molecule has 0 amide bonds. The molecule has 4 heteroatoms. The molecule has 2 heterocycles. The molecule has 14 rings (SSSR count). The molecule has 11 aromatic carbocycles. The van der Waals surface area contributed by atoms with Crippen molar-refractivity contribution in [3.63, 3.8) is 0 Å². The van der Waals surface area contributed by atoms with Crippen molar-refractivity contribution in [2.24, 2.45) is 0 Å². The lowest BCUT2D eigenvalue weighted by Crippen LogP contribution is -2.10. The summed E-state index contributed by atoms with van der Waals surface area (Å²) in [5.41, 5.74) is 19.6. The monoisotopic (exact) mass is 972 g/mol. The molecule has 0 radical (unpaired) electrons. The van der Waals surface area contributed by atoms with Crippen molar-refractivity contribution in [2.75, 3.05) is 9.80 Å². The fourth-order valence-electron chi connectivity index (χ4n) is 11.6. The molecule has 0 saturated carbocycles. The maximum atomic E-state index is 2.51. The van der Waals surface area contributed by atoms with E-state index in [9.17, 15) is 0 Å². The predicted molar refractivity (Wildman–Crippen MR) is 321 cm³/mol. The van der Waals surface area contributed by atoms with Gasteiger partial charge in [-0.2, -0.15) is 0 Å². The van der Waals surface area contributed by atoms with Gasteiger partial charge < -0.3 is 18.9 Å². The maximum Gasteiger partial charge on any atom is 0.0560 e. The summed E-state index contributed by atoms with van der Waals surface area (Å²) in [4.78, 5) is 4.80. The van der Waals surface area contributed by atoms with Crippen molar-refractivity contribution < 1.29 is 0 Å². The Morgan fingerprint density at radius 2 is 0.697 bits per heavy atom. The van der Waals surface area contributed by atoms with E-state index in [4.69, 9.17) is 0 Å². The van der Waals surface area contributed by atoms with Crippen LogP contribution in [0.25, 0.3) is 82.7 Å². The van der Waals surface area contributed by atoms with E-state index in [1.54, 1.807) is 0 Å². The minimum Gasteiger partial charge on any atom is -0.333 e. The summed E-state index contributed by atoms with van der Waals surface area (Å²) in [5, 5.41) is 4.94. The molecule has 4 nitrogen and oxygen atoms in total. The number of hydrogen-bond donors (Lipinski definition) is 0. The van der Waals surface area contributed by atoms with Gasteiger partial charge in [-0.05, 0) is 149 Å². The van der Waals surface area contributed by atoms with Crippen LogP contribution in [-0.4, -0.2) is 9.13 Å². The van der Waals surface area contributed by atoms with E-state index in [0.717, 1.165) is 57.4 Å². The number of fused-ring (bicyclic) bond motifs is 6. The highest BCUT2D eigenvalue weighted by atomic mass is 15.1. The van der Waals surface area contributed by atoms with Crippen molar-refractivity contribution in [3.8, 4) is 39.1 Å². The first-order valence-corrected chi connectivity index (χ1v) is 26.3. The average molecular weight is 973 g/mol. The van der Waals surface area contributed by atoms with Gasteiger partial charge in [0.05, 0.1) is 17.1 Å². The number of aromatic nitrogens is 2. The second-order valence-corrected chi connectivity index (χ2v) is 19.7. The van der Waals surface area contributed by atoms with Gasteiger partial charge in [-0.1, -0.05) is 188 Å². The molecule has 0 N–H and O–H groups in total. The van der Waals surface area contributed by atoms with Crippen LogP contribution < -0.4 is 9.80 Å². The smallest absolute Gasteiger partial charge is 0.0560 e. The van der Waals surface area contributed by atoms with Crippen LogP contribution in [0.1, 0.15) is 12.5 Å². The van der Waals surface area contributed by atoms with E-state index >= 15 is 0 Å². The Balaban J connectivity index is 0.854. The lowest BCUT2D eigenvalue weighted by atomic mass is 10.0. The Kier molecular flexibility index (Phi) is 11.3. The molecule has 0 fully saturated rings. The van der Waals surface area contributed by atoms with Crippen LogP contribution in [0.15, 0.2) is 297 Å². The molecule has 13 aromatic rings. The van der Waals surface area contributed by atoms with Gasteiger partial charge in [0.15, 0.2) is 0 Å². The van der Waals surface area contributed by atoms with Crippen LogP contribution in [0.5, 0.6) is 0 Å². The Morgan fingerprint density at radius 3 is 1.25 bits per heavy atom. The molecule has 0 saturated heterocycles. The second-order valence-electron chi connectivity index (χ2n) is 19.7. The molecule has 1 unspecified atom stereocenters. The highest BCUT2D eigenvalue weighted by Gasteiger charge is 2.22. The predicted octanol–water partition coefficient (Wildman–Crippen LogP) is 19.9. The highest BCUT2D eigenvalue weighted by molar-refractivity contribution is 6.11. The first-order valence-electron chi connectivity index (χ1n) is 26.3. The SMILES string of the molecule is C1=CCC(n2c3ccccc3c3cc(N(c4ccc(-c5ccc(N(c6cccc(-c7ccccc7)c6)c6ccc7c(c6)c6ccccc6n7-c6ccccc6)cc5)cc4)c4cccc(-c5ccccc5)c4)ccc32)C=C1. The van der Waals surface area contributed by atoms with Crippen LogP contribution in [-0.2, 0) is 0 Å². The van der Waals surface area contributed by atoms with Crippen molar-refractivity contribution in [1.82, 2.24) is 9.13 Å². The third-order valence-electron chi connectivity index (χ3n) is 15.2. The lowest BCUT2D eigenvalue weighted by Gasteiger charge is -2.27. The normalized spacial score (nSPS) is 13.2. The van der Waals surface area contributed by atoms with Gasteiger partial charge in [0.2, 0.25) is 0 Å². The lowest BCUT2D eigenvalue weighted by molar-refractivity contribution is 0.648. The van der Waals surface area contributed by atoms with Crippen molar-refractivity contribution >= 4 is 77.7 Å². The van der Waals surface area contributed by atoms with Crippen molar-refractivity contribution in [1.29, 1.82) is 0 Å². The Morgan fingerprint density at radius 1 is 0.289 bits per heavy atom. The standard InChI is InChI=1S/C72H52N4/c1-5-19-51(20-6-1)55-23-17-29-61(47-55)73(63-43-45-71-67(49-63)65-31-13-15-33-69(65)75(71)57-25-9-3-10-26-57)59-39-35-53(36-40-59)54-37-41-60(42-38-54)74(62-30-18-24-56(48-62)52-21-7-2-8-22-52)64-44-46-72-68(50-64)66-32-14-16-34-70(66)76(72)58-27-11-4-12-28-58/h1-27,29-50,58H,28H2. The number of nitrogens with zero attached hydrogens (tertiary/aromatic N) is 4. The molecule has 1 aliphatic rings. The van der Waals surface area contributed by atoms with E-state index in [1.807, 2.05) is 0 Å². The van der Waals surface area contributed by atoms with Crippen molar-refractivity contribution in [2.45, 2.75) is 12.5 Å². The number of benzene rings is 11. The Hall–Kier alpha value is -9.90. The van der Waals surface area contributed by atoms with Crippen LogP contribution in [0.3, 0.4) is 0 Å². The zero-order valence-corrected chi connectivity index (χ0v) is 41.9. The molecule has 1 aliphatic carbocycles. The van der Waals surface area contributed by atoms with Crippen LogP contribution in [0.2, 0.25) is 0 Å². The number of anilines is 6. The Bertz CT molecular complexity index is 4300. The molecular formula is C72H52N4. The first-order chi connectivity index (χ1) is 37.7. The molecule has 76 heavy (non-hydrogen) atoms. The quantitative estimate of drug-likeness (QED) is 0.128. The van der Waals surface area contributed by atoms with Gasteiger partial charge in [-0.15, -0.1) is 0 Å². The maximum absolute atomic E-state index is 2.51. The van der Waals surface area contributed by atoms with Gasteiger partial charge in [0.25, 0.3) is 0 Å². The average Bonchev–Trinajstić information content (AvgIpc) is 4.07. The summed E-state index contributed by atoms with van der Waals surface area (Å²) < 4.78 is 4.89. The van der Waals surface area contributed by atoms with Crippen LogP contribution in [0, 0.1) is 0 Å². The minimum atomic E-state index is 0.260. The van der Waals surface area contributed by atoms with E-state index in [1.165, 1.54) is 65.9 Å². The summed E-state index contributed by atoms with van der Waals surface area (Å²) in [6.45, 7) is 0. The molecule has 2 aromatic heterocycles. The zero-order valence-electron chi connectivity index (χ0n) is 41.9. The third kappa shape index (κ3) is 8.05. The van der Waals surface area contributed by atoms with Crippen LogP contribution >= 0.6 is 0 Å². The number of rotatable bonds is 11. The summed E-state index contributed by atoms with van der Waals surface area (Å²) in [7, 11) is 0. The summed E-state index contributed by atoms with van der Waals surface area (Å²) in [6.07, 6.45) is 9.90. The van der Waals surface area contributed by atoms with E-state index < -0.39 is 0 Å². The van der Waals surface area contributed by atoms with Crippen molar-refractivity contribution in [3.05, 3.63) is 297 Å². The van der Waals surface area contributed by atoms with E-state index in [-0.39, 0.29) is 6.04 Å². The van der Waals surface area contributed by atoms with Gasteiger partial charge >= 0.3 is 0 Å². The minimum absolute atomic E-state index is 0.260. The fourth-order valence-corrected chi connectivity index (χ4v) is 11.6. The molecule has 0 bridgehead atoms. The van der Waals surface area contributed by atoms with Gasteiger partial charge in [-0.3, -0.25) is 0 Å². The zero-order chi connectivity index (χ0) is 50.4. The Labute approximate surface area is 443 Å². The molecule has 0 spiro atoms. The van der Waals surface area contributed by atoms with E-state index in [2.05, 4.69) is 316 Å². The first kappa shape index (κ1) is 44.8. The van der Waals surface area contributed by atoms with E-state index in [0.29, 0.717) is 0 Å². The topological polar surface area (TPSA) is 16.3 Å². The van der Waals surface area contributed by atoms with Crippen LogP contribution in [0.4, 0.5) is 34.1 Å².